The van der Waals surface area contributed by atoms with Crippen molar-refractivity contribution in [1.82, 2.24) is 5.32 Å². The highest BCUT2D eigenvalue weighted by molar-refractivity contribution is 5.84. The van der Waals surface area contributed by atoms with E-state index < -0.39 is 18.2 Å². The molecule has 0 heterocycles. The van der Waals surface area contributed by atoms with E-state index >= 15 is 0 Å². The van der Waals surface area contributed by atoms with E-state index in [-0.39, 0.29) is 26.4 Å². The molecule has 0 fully saturated rings. The van der Waals surface area contributed by atoms with E-state index in [2.05, 4.69) is 21.9 Å². The Kier molecular flexibility index (Phi) is 8.35. The summed E-state index contributed by atoms with van der Waals surface area (Å²) in [4.78, 5) is 33.4. The lowest BCUT2D eigenvalue weighted by molar-refractivity contribution is -0.138. The van der Waals surface area contributed by atoms with E-state index in [1.807, 2.05) is 6.07 Å². The first-order chi connectivity index (χ1) is 11.1. The molecule has 1 aromatic carbocycles. The predicted molar refractivity (Wildman–Crippen MR) is 81.9 cm³/mol. The van der Waals surface area contributed by atoms with Gasteiger partial charge < -0.3 is 19.5 Å². The van der Waals surface area contributed by atoms with Crippen molar-refractivity contribution in [3.63, 3.8) is 0 Å². The Labute approximate surface area is 133 Å². The molecule has 1 aromatic rings. The van der Waals surface area contributed by atoms with Crippen molar-refractivity contribution >= 4 is 23.8 Å². The van der Waals surface area contributed by atoms with Crippen LogP contribution in [0, 0.1) is 0 Å². The molecule has 0 atom stereocenters. The average molecular weight is 322 g/mol. The van der Waals surface area contributed by atoms with Crippen LogP contribution < -0.4 is 10.6 Å². The molecule has 0 aliphatic heterocycles. The lowest BCUT2D eigenvalue weighted by atomic mass is 10.3. The minimum atomic E-state index is -0.702. The number of alkyl carbamates (subject to hydrolysis) is 1. The summed E-state index contributed by atoms with van der Waals surface area (Å²) in [5.74, 6) is -0.591. The SMILES string of the molecule is C=CC(=O)OCCOC(=O)NCCOC(=O)Nc1ccccc1. The first kappa shape index (κ1) is 18.0. The summed E-state index contributed by atoms with van der Waals surface area (Å²) >= 11 is 0. The van der Waals surface area contributed by atoms with E-state index in [4.69, 9.17) is 9.47 Å². The predicted octanol–water partition coefficient (Wildman–Crippen LogP) is 1.69. The van der Waals surface area contributed by atoms with Gasteiger partial charge in [-0.1, -0.05) is 24.8 Å². The second-order valence-electron chi connectivity index (χ2n) is 4.06. The zero-order valence-corrected chi connectivity index (χ0v) is 12.4. The normalized spacial score (nSPS) is 9.39. The summed E-state index contributed by atoms with van der Waals surface area (Å²) in [5, 5.41) is 4.90. The Morgan fingerprint density at radius 1 is 0.957 bits per heavy atom. The first-order valence-corrected chi connectivity index (χ1v) is 6.80. The molecule has 8 heteroatoms. The number of rotatable bonds is 8. The maximum absolute atomic E-state index is 11.4. The smallest absolute Gasteiger partial charge is 0.411 e. The number of esters is 1. The lowest BCUT2D eigenvalue weighted by Crippen LogP contribution is -2.30. The molecule has 0 unspecified atom stereocenters. The Hall–Kier alpha value is -3.03. The molecule has 8 nitrogen and oxygen atoms in total. The fourth-order valence-electron chi connectivity index (χ4n) is 1.36. The first-order valence-electron chi connectivity index (χ1n) is 6.80. The number of anilines is 1. The van der Waals surface area contributed by atoms with Gasteiger partial charge in [-0.15, -0.1) is 0 Å². The standard InChI is InChI=1S/C15H18N2O6/c1-2-13(18)21-10-11-23-14(19)16-8-9-22-15(20)17-12-6-4-3-5-7-12/h2-7H,1,8-11H2,(H,16,19)(H,17,20). The number of benzene rings is 1. The van der Waals surface area contributed by atoms with Crippen LogP contribution in [-0.4, -0.2) is 44.5 Å². The maximum atomic E-state index is 11.4. The summed E-state index contributed by atoms with van der Waals surface area (Å²) in [6.07, 6.45) is -0.313. The highest BCUT2D eigenvalue weighted by atomic mass is 16.6. The van der Waals surface area contributed by atoms with Crippen molar-refractivity contribution < 1.29 is 28.6 Å². The number of hydrogen-bond donors (Lipinski definition) is 2. The van der Waals surface area contributed by atoms with Crippen molar-refractivity contribution in [2.45, 2.75) is 0 Å². The third-order valence-corrected chi connectivity index (χ3v) is 2.35. The molecular weight excluding hydrogens is 304 g/mol. The molecule has 0 aliphatic carbocycles. The second kappa shape index (κ2) is 10.7. The van der Waals surface area contributed by atoms with Crippen LogP contribution in [0.1, 0.15) is 0 Å². The third-order valence-electron chi connectivity index (χ3n) is 2.35. The molecule has 2 N–H and O–H groups in total. The van der Waals surface area contributed by atoms with E-state index in [9.17, 15) is 14.4 Å². The van der Waals surface area contributed by atoms with Crippen LogP contribution in [0.2, 0.25) is 0 Å². The van der Waals surface area contributed by atoms with Crippen LogP contribution in [0.5, 0.6) is 0 Å². The summed E-state index contributed by atoms with van der Waals surface area (Å²) in [7, 11) is 0. The van der Waals surface area contributed by atoms with E-state index in [1.54, 1.807) is 24.3 Å². The van der Waals surface area contributed by atoms with Gasteiger partial charge in [-0.2, -0.15) is 0 Å². The van der Waals surface area contributed by atoms with Gasteiger partial charge in [0, 0.05) is 11.8 Å². The van der Waals surface area contributed by atoms with Crippen LogP contribution in [0.3, 0.4) is 0 Å². The minimum absolute atomic E-state index is 0.0147. The molecule has 0 aliphatic rings. The van der Waals surface area contributed by atoms with Crippen LogP contribution >= 0.6 is 0 Å². The molecule has 0 saturated heterocycles. The summed E-state index contributed by atoms with van der Waals surface area (Å²) in [5.41, 5.74) is 0.610. The molecule has 1 rings (SSSR count). The highest BCUT2D eigenvalue weighted by Crippen LogP contribution is 2.04. The quantitative estimate of drug-likeness (QED) is 0.327. The van der Waals surface area contributed by atoms with Crippen molar-refractivity contribution in [1.29, 1.82) is 0 Å². The Morgan fingerprint density at radius 3 is 2.30 bits per heavy atom. The number of carbonyl (C=O) groups is 3. The van der Waals surface area contributed by atoms with E-state index in [0.717, 1.165) is 6.08 Å². The number of hydrogen-bond acceptors (Lipinski definition) is 6. The second-order valence-corrected chi connectivity index (χ2v) is 4.06. The molecule has 0 aromatic heterocycles. The van der Waals surface area contributed by atoms with Gasteiger partial charge in [-0.05, 0) is 12.1 Å². The van der Waals surface area contributed by atoms with Gasteiger partial charge in [0.1, 0.15) is 19.8 Å². The third kappa shape index (κ3) is 8.76. The van der Waals surface area contributed by atoms with Crippen molar-refractivity contribution in [2.24, 2.45) is 0 Å². The fraction of sp³-hybridized carbons (Fsp3) is 0.267. The molecule has 2 amide bonds. The van der Waals surface area contributed by atoms with Crippen molar-refractivity contribution in [2.75, 3.05) is 31.7 Å². The van der Waals surface area contributed by atoms with Crippen LogP contribution in [0.15, 0.2) is 43.0 Å². The average Bonchev–Trinajstić information content (AvgIpc) is 2.56. The Morgan fingerprint density at radius 2 is 1.61 bits per heavy atom. The monoisotopic (exact) mass is 322 g/mol. The summed E-state index contributed by atoms with van der Waals surface area (Å²) < 4.78 is 14.2. The number of para-hydroxylation sites is 1. The lowest BCUT2D eigenvalue weighted by Gasteiger charge is -2.08. The zero-order chi connectivity index (χ0) is 16.9. The molecule has 23 heavy (non-hydrogen) atoms. The summed E-state index contributed by atoms with van der Waals surface area (Å²) in [6, 6.07) is 8.81. The molecular formula is C15H18N2O6. The zero-order valence-electron chi connectivity index (χ0n) is 12.4. The summed E-state index contributed by atoms with van der Waals surface area (Å²) in [6.45, 7) is 3.16. The molecule has 0 radical (unpaired) electrons. The molecule has 0 saturated carbocycles. The van der Waals surface area contributed by atoms with Gasteiger partial charge in [0.05, 0.1) is 6.54 Å². The van der Waals surface area contributed by atoms with Gasteiger partial charge >= 0.3 is 18.2 Å². The van der Waals surface area contributed by atoms with Gasteiger partial charge in [-0.25, -0.2) is 14.4 Å². The number of nitrogens with one attached hydrogen (secondary N) is 2. The van der Waals surface area contributed by atoms with E-state index in [0.29, 0.717) is 5.69 Å². The molecule has 0 spiro atoms. The van der Waals surface area contributed by atoms with Crippen molar-refractivity contribution in [3.05, 3.63) is 43.0 Å². The van der Waals surface area contributed by atoms with Gasteiger partial charge in [0.2, 0.25) is 0 Å². The van der Waals surface area contributed by atoms with Gasteiger partial charge in [0.15, 0.2) is 0 Å². The minimum Gasteiger partial charge on any atom is -0.459 e. The van der Waals surface area contributed by atoms with Crippen molar-refractivity contribution in [3.8, 4) is 0 Å². The molecule has 0 bridgehead atoms. The topological polar surface area (TPSA) is 103 Å². The van der Waals surface area contributed by atoms with Gasteiger partial charge in [0.25, 0.3) is 0 Å². The van der Waals surface area contributed by atoms with Crippen LogP contribution in [0.25, 0.3) is 0 Å². The maximum Gasteiger partial charge on any atom is 0.411 e. The molecule has 124 valence electrons. The Bertz CT molecular complexity index is 532. The Balaban J connectivity index is 2.03. The van der Waals surface area contributed by atoms with Gasteiger partial charge in [-0.3, -0.25) is 5.32 Å². The van der Waals surface area contributed by atoms with Crippen LogP contribution in [0.4, 0.5) is 15.3 Å². The number of carbonyl (C=O) groups excluding carboxylic acids is 3. The fourth-order valence-corrected chi connectivity index (χ4v) is 1.36. The largest absolute Gasteiger partial charge is 0.459 e. The number of ether oxygens (including phenoxy) is 3. The van der Waals surface area contributed by atoms with Crippen LogP contribution in [-0.2, 0) is 19.0 Å². The van der Waals surface area contributed by atoms with E-state index in [1.165, 1.54) is 0 Å². The number of amides is 2. The highest BCUT2D eigenvalue weighted by Gasteiger charge is 2.05.